The van der Waals surface area contributed by atoms with E-state index in [9.17, 15) is 13.6 Å². The van der Waals surface area contributed by atoms with E-state index in [-0.39, 0.29) is 17.3 Å². The molecule has 1 saturated heterocycles. The predicted octanol–water partition coefficient (Wildman–Crippen LogP) is 4.16. The predicted molar refractivity (Wildman–Crippen MR) is 141 cm³/mol. The van der Waals surface area contributed by atoms with Crippen molar-refractivity contribution in [3.63, 3.8) is 0 Å². The normalized spacial score (nSPS) is 16.9. The van der Waals surface area contributed by atoms with Crippen molar-refractivity contribution in [2.45, 2.75) is 44.6 Å². The van der Waals surface area contributed by atoms with Crippen molar-refractivity contribution in [1.82, 2.24) is 34.3 Å². The zero-order chi connectivity index (χ0) is 27.1. The van der Waals surface area contributed by atoms with E-state index in [4.69, 9.17) is 4.74 Å². The van der Waals surface area contributed by atoms with Crippen molar-refractivity contribution in [1.29, 1.82) is 0 Å². The lowest BCUT2D eigenvalue weighted by atomic mass is 10.2. The van der Waals surface area contributed by atoms with Gasteiger partial charge in [-0.15, -0.1) is 21.5 Å². The van der Waals surface area contributed by atoms with Crippen LogP contribution in [-0.4, -0.2) is 72.4 Å². The first-order valence-electron chi connectivity index (χ1n) is 12.7. The number of aromatic nitrogens is 7. The molecule has 1 atom stereocenters. The molecule has 5 heterocycles. The molecule has 6 rings (SSSR count). The Labute approximate surface area is 226 Å². The van der Waals surface area contributed by atoms with Crippen LogP contribution in [0.1, 0.15) is 54.8 Å². The van der Waals surface area contributed by atoms with Crippen molar-refractivity contribution < 1.29 is 18.3 Å². The van der Waals surface area contributed by atoms with Crippen LogP contribution in [0.5, 0.6) is 0 Å². The van der Waals surface area contributed by atoms with Gasteiger partial charge in [-0.1, -0.05) is 0 Å². The molecule has 0 radical (unpaired) electrons. The molecule has 1 saturated carbocycles. The fourth-order valence-electron chi connectivity index (χ4n) is 4.41. The highest BCUT2D eigenvalue weighted by Crippen LogP contribution is 2.39. The van der Waals surface area contributed by atoms with Crippen LogP contribution in [0, 0.1) is 0 Å². The maximum absolute atomic E-state index is 13.9. The van der Waals surface area contributed by atoms with Crippen LogP contribution in [0.25, 0.3) is 16.5 Å². The van der Waals surface area contributed by atoms with Crippen molar-refractivity contribution in [2.75, 3.05) is 36.5 Å². The minimum absolute atomic E-state index is 0.205. The SMILES string of the molecule is C[C@H](n1cnnc1-c1nc(NC(=O)c2cc(-n3cnc(C4CC4)c3)c(N3CCOCC3)cn2)cs1)C(C)(F)F. The molecule has 4 aromatic heterocycles. The Morgan fingerprint density at radius 3 is 2.74 bits per heavy atom. The average Bonchev–Trinajstić information content (AvgIpc) is 3.30. The maximum atomic E-state index is 13.9. The van der Waals surface area contributed by atoms with Gasteiger partial charge in [-0.2, -0.15) is 0 Å². The number of anilines is 2. The average molecular weight is 556 g/mol. The summed E-state index contributed by atoms with van der Waals surface area (Å²) < 4.78 is 36.6. The molecule has 11 nitrogen and oxygen atoms in total. The highest BCUT2D eigenvalue weighted by Gasteiger charge is 2.34. The number of pyridine rings is 1. The summed E-state index contributed by atoms with van der Waals surface area (Å²) in [7, 11) is 0. The molecule has 14 heteroatoms. The molecule has 1 amide bonds. The standard InChI is InChI=1S/C25H27F2N9O2S/c1-15(25(2,26)27)36-14-30-33-22(36)24-32-21(12-39-24)31-23(37)17-9-19(35-11-18(29-13-35)16-3-4-16)20(10-28-17)34-5-7-38-8-6-34/h9-16H,3-8H2,1-2H3,(H,31,37)/t15-/m0/s1. The van der Waals surface area contributed by atoms with Crippen molar-refractivity contribution in [3.8, 4) is 16.5 Å². The second-order valence-electron chi connectivity index (χ2n) is 9.82. The van der Waals surface area contributed by atoms with Gasteiger partial charge in [-0.25, -0.2) is 23.7 Å². The first-order valence-corrected chi connectivity index (χ1v) is 13.6. The Morgan fingerprint density at radius 2 is 2.00 bits per heavy atom. The smallest absolute Gasteiger partial charge is 0.275 e. The number of imidazole rings is 1. The number of hydrogen-bond acceptors (Lipinski definition) is 9. The largest absolute Gasteiger partial charge is 0.378 e. The van der Waals surface area contributed by atoms with E-state index in [1.54, 1.807) is 24.0 Å². The lowest BCUT2D eigenvalue weighted by Crippen LogP contribution is -2.37. The molecule has 0 aromatic carbocycles. The fourth-order valence-corrected chi connectivity index (χ4v) is 5.15. The molecule has 2 aliphatic rings. The van der Waals surface area contributed by atoms with E-state index in [1.807, 2.05) is 10.8 Å². The number of carbonyl (C=O) groups is 1. The van der Waals surface area contributed by atoms with E-state index >= 15 is 0 Å². The minimum Gasteiger partial charge on any atom is -0.378 e. The second kappa shape index (κ2) is 10.1. The topological polar surface area (TPSA) is 116 Å². The first kappa shape index (κ1) is 25.5. The third kappa shape index (κ3) is 5.26. The number of carbonyl (C=O) groups excluding carboxylic acids is 1. The van der Waals surface area contributed by atoms with E-state index < -0.39 is 17.9 Å². The number of nitrogens with one attached hydrogen (secondary N) is 1. The minimum atomic E-state index is -2.98. The van der Waals surface area contributed by atoms with E-state index in [0.717, 1.165) is 49.9 Å². The number of morpholine rings is 1. The highest BCUT2D eigenvalue weighted by atomic mass is 32.1. The zero-order valence-electron chi connectivity index (χ0n) is 21.4. The molecule has 1 aliphatic carbocycles. The van der Waals surface area contributed by atoms with Gasteiger partial charge in [0.2, 0.25) is 0 Å². The number of amides is 1. The van der Waals surface area contributed by atoms with Gasteiger partial charge in [0.1, 0.15) is 17.8 Å². The number of rotatable bonds is 8. The molecular formula is C25H27F2N9O2S. The third-order valence-corrected chi connectivity index (χ3v) is 7.82. The summed E-state index contributed by atoms with van der Waals surface area (Å²) in [5.41, 5.74) is 2.95. The zero-order valence-corrected chi connectivity index (χ0v) is 22.2. The number of thiazole rings is 1. The molecule has 1 aliphatic heterocycles. The highest BCUT2D eigenvalue weighted by molar-refractivity contribution is 7.13. The number of alkyl halides is 2. The molecule has 2 fully saturated rings. The third-order valence-electron chi connectivity index (χ3n) is 6.98. The summed E-state index contributed by atoms with van der Waals surface area (Å²) in [5.74, 6) is -2.45. The van der Waals surface area contributed by atoms with Crippen molar-refractivity contribution >= 4 is 28.7 Å². The van der Waals surface area contributed by atoms with Gasteiger partial charge in [0.15, 0.2) is 10.8 Å². The Hall–Kier alpha value is -3.78. The van der Waals surface area contributed by atoms with Gasteiger partial charge in [-0.3, -0.25) is 4.79 Å². The second-order valence-corrected chi connectivity index (χ2v) is 10.7. The molecule has 39 heavy (non-hydrogen) atoms. The molecule has 0 unspecified atom stereocenters. The van der Waals surface area contributed by atoms with Crippen LogP contribution in [0.4, 0.5) is 20.3 Å². The van der Waals surface area contributed by atoms with Gasteiger partial charge < -0.3 is 24.1 Å². The van der Waals surface area contributed by atoms with Crippen LogP contribution in [0.3, 0.4) is 0 Å². The molecule has 4 aromatic rings. The molecule has 204 valence electrons. The Balaban J connectivity index is 1.25. The molecule has 0 spiro atoms. The van der Waals surface area contributed by atoms with Crippen LogP contribution in [0.15, 0.2) is 36.5 Å². The van der Waals surface area contributed by atoms with E-state index in [1.165, 1.54) is 29.2 Å². The quantitative estimate of drug-likeness (QED) is 0.345. The number of halogens is 2. The lowest BCUT2D eigenvalue weighted by Gasteiger charge is -2.30. The first-order chi connectivity index (χ1) is 18.8. The summed E-state index contributed by atoms with van der Waals surface area (Å²) in [6.07, 6.45) is 9.03. The number of ether oxygens (including phenoxy) is 1. The summed E-state index contributed by atoms with van der Waals surface area (Å²) in [4.78, 5) is 28.8. The van der Waals surface area contributed by atoms with Gasteiger partial charge >= 0.3 is 0 Å². The summed E-state index contributed by atoms with van der Waals surface area (Å²) >= 11 is 1.17. The van der Waals surface area contributed by atoms with Gasteiger partial charge in [0.25, 0.3) is 11.8 Å². The van der Waals surface area contributed by atoms with Crippen LogP contribution in [0.2, 0.25) is 0 Å². The van der Waals surface area contributed by atoms with Gasteiger partial charge in [-0.05, 0) is 25.8 Å². The molecular weight excluding hydrogens is 528 g/mol. The van der Waals surface area contributed by atoms with E-state index in [2.05, 4.69) is 35.4 Å². The van der Waals surface area contributed by atoms with Crippen molar-refractivity contribution in [2.24, 2.45) is 0 Å². The van der Waals surface area contributed by atoms with Crippen LogP contribution < -0.4 is 10.2 Å². The summed E-state index contributed by atoms with van der Waals surface area (Å²) in [6.45, 7) is 4.91. The maximum Gasteiger partial charge on any atom is 0.275 e. The van der Waals surface area contributed by atoms with Crippen LogP contribution >= 0.6 is 11.3 Å². The Bertz CT molecular complexity index is 1480. The van der Waals surface area contributed by atoms with E-state index in [0.29, 0.717) is 24.1 Å². The van der Waals surface area contributed by atoms with Gasteiger partial charge in [0.05, 0.1) is 48.8 Å². The molecule has 0 bridgehead atoms. The monoisotopic (exact) mass is 555 g/mol. The van der Waals surface area contributed by atoms with Crippen LogP contribution in [-0.2, 0) is 4.74 Å². The number of nitrogens with zero attached hydrogens (tertiary/aromatic N) is 8. The Morgan fingerprint density at radius 1 is 1.21 bits per heavy atom. The summed E-state index contributed by atoms with van der Waals surface area (Å²) in [5, 5.41) is 12.5. The van der Waals surface area contributed by atoms with Crippen molar-refractivity contribution in [3.05, 3.63) is 47.9 Å². The summed E-state index contributed by atoms with van der Waals surface area (Å²) in [6, 6.07) is 0.577. The lowest BCUT2D eigenvalue weighted by molar-refractivity contribution is -0.0255. The number of hydrogen-bond donors (Lipinski definition) is 1. The molecule has 1 N–H and O–H groups in total. The Kier molecular flexibility index (Phi) is 6.59. The fraction of sp³-hybridized carbons (Fsp3) is 0.440. The van der Waals surface area contributed by atoms with Gasteiger partial charge in [0, 0.05) is 37.5 Å².